The van der Waals surface area contributed by atoms with Crippen LogP contribution in [0.3, 0.4) is 0 Å². The molecule has 1 saturated heterocycles. The first-order valence-corrected chi connectivity index (χ1v) is 9.42. The van der Waals surface area contributed by atoms with Crippen LogP contribution in [-0.2, 0) is 17.7 Å². The Kier molecular flexibility index (Phi) is 4.60. The fourth-order valence-corrected chi connectivity index (χ4v) is 4.08. The number of aryl methyl sites for hydroxylation is 1. The molecule has 4 heterocycles. The first kappa shape index (κ1) is 17.3. The molecule has 2 aliphatic rings. The third-order valence-electron chi connectivity index (χ3n) is 4.76. The Balaban J connectivity index is 1.78. The number of pyridine rings is 1. The average Bonchev–Trinajstić information content (AvgIpc) is 3.27. The molecule has 7 nitrogen and oxygen atoms in total. The maximum atomic E-state index is 15.0. The Morgan fingerprint density at radius 3 is 3.12 bits per heavy atom. The van der Waals surface area contributed by atoms with Crippen molar-refractivity contribution in [2.24, 2.45) is 5.73 Å². The number of carbonyl (C=O) groups is 1. The largest absolute Gasteiger partial charge is 0.380 e. The highest BCUT2D eigenvalue weighted by molar-refractivity contribution is 7.09. The number of ether oxygens (including phenoxy) is 1. The van der Waals surface area contributed by atoms with E-state index in [4.69, 9.17) is 10.5 Å². The van der Waals surface area contributed by atoms with Gasteiger partial charge in [-0.25, -0.2) is 9.37 Å². The van der Waals surface area contributed by atoms with Crippen LogP contribution in [0.15, 0.2) is 6.07 Å². The summed E-state index contributed by atoms with van der Waals surface area (Å²) in [5, 5.41) is 5.82. The summed E-state index contributed by atoms with van der Waals surface area (Å²) in [6, 6.07) is 1.53. The van der Waals surface area contributed by atoms with E-state index < -0.39 is 5.82 Å². The highest BCUT2D eigenvalue weighted by Crippen LogP contribution is 2.35. The van der Waals surface area contributed by atoms with Crippen molar-refractivity contribution in [3.63, 3.8) is 0 Å². The predicted octanol–water partition coefficient (Wildman–Crippen LogP) is 1.68. The molecule has 1 amide bonds. The van der Waals surface area contributed by atoms with E-state index in [1.807, 2.05) is 13.0 Å². The number of aromatic nitrogens is 2. The van der Waals surface area contributed by atoms with Crippen LogP contribution < -0.4 is 16.4 Å². The molecule has 0 bridgehead atoms. The molecule has 2 aromatic rings. The van der Waals surface area contributed by atoms with Crippen LogP contribution in [0.4, 0.5) is 10.2 Å². The normalized spacial score (nSPS) is 22.2. The van der Waals surface area contributed by atoms with E-state index in [1.165, 1.54) is 11.5 Å². The van der Waals surface area contributed by atoms with Gasteiger partial charge < -0.3 is 21.1 Å². The van der Waals surface area contributed by atoms with E-state index in [0.29, 0.717) is 36.5 Å². The molecule has 4 rings (SSSR count). The molecule has 0 saturated carbocycles. The quantitative estimate of drug-likeness (QED) is 0.749. The first-order chi connectivity index (χ1) is 12.6. The second-order valence-corrected chi connectivity index (χ2v) is 7.28. The lowest BCUT2D eigenvalue weighted by Gasteiger charge is -2.30. The zero-order valence-corrected chi connectivity index (χ0v) is 15.2. The molecule has 26 heavy (non-hydrogen) atoms. The molecule has 2 aromatic heterocycles. The molecule has 1 fully saturated rings. The Morgan fingerprint density at radius 1 is 1.54 bits per heavy atom. The van der Waals surface area contributed by atoms with Crippen molar-refractivity contribution in [2.45, 2.75) is 38.4 Å². The number of halogens is 1. The fraction of sp³-hybridized carbons (Fsp3) is 0.471. The van der Waals surface area contributed by atoms with Crippen molar-refractivity contribution in [2.75, 3.05) is 18.5 Å². The van der Waals surface area contributed by atoms with Gasteiger partial charge in [-0.05, 0) is 30.4 Å². The van der Waals surface area contributed by atoms with Gasteiger partial charge in [0.2, 0.25) is 0 Å². The number of rotatable bonds is 4. The van der Waals surface area contributed by atoms with Crippen molar-refractivity contribution in [1.82, 2.24) is 14.7 Å². The predicted molar refractivity (Wildman–Crippen MR) is 96.7 cm³/mol. The summed E-state index contributed by atoms with van der Waals surface area (Å²) in [5.74, 6) is -0.674. The van der Waals surface area contributed by atoms with Crippen molar-refractivity contribution in [3.8, 4) is 10.6 Å². The fourth-order valence-electron chi connectivity index (χ4n) is 3.26. The van der Waals surface area contributed by atoms with Crippen molar-refractivity contribution < 1.29 is 13.9 Å². The number of nitrogens with two attached hydrogens (primary N) is 1. The Morgan fingerprint density at radius 2 is 2.38 bits per heavy atom. The lowest BCUT2D eigenvalue weighted by Crippen LogP contribution is -2.48. The second-order valence-electron chi connectivity index (χ2n) is 6.47. The monoisotopic (exact) mass is 377 g/mol. The Labute approximate surface area is 154 Å². The standard InChI is InChI=1S/C17H20FN5O2S/c1-2-8-5-12(26-23-8)15-13-9(6-20-17(13)24)14(18)16(22-15)21-11-3-4-25-7-10(11)19/h5,10-11H,2-4,6-7,19H2,1H3,(H,20,24)(H,21,22). The van der Waals surface area contributed by atoms with E-state index in [0.717, 1.165) is 17.0 Å². The van der Waals surface area contributed by atoms with Gasteiger partial charge in [-0.3, -0.25) is 4.79 Å². The van der Waals surface area contributed by atoms with Crippen LogP contribution in [0.25, 0.3) is 10.6 Å². The van der Waals surface area contributed by atoms with E-state index >= 15 is 0 Å². The summed E-state index contributed by atoms with van der Waals surface area (Å²) < 4.78 is 24.7. The SMILES string of the molecule is CCc1cc(-c2nc(NC3CCOCC3N)c(F)c3c2C(=O)NC3)sn1. The van der Waals surface area contributed by atoms with Crippen LogP contribution in [0.5, 0.6) is 0 Å². The molecular weight excluding hydrogens is 357 g/mol. The summed E-state index contributed by atoms with van der Waals surface area (Å²) in [6.45, 7) is 3.16. The minimum atomic E-state index is -0.499. The van der Waals surface area contributed by atoms with Gasteiger partial charge in [0.05, 0.1) is 28.4 Å². The summed E-state index contributed by atoms with van der Waals surface area (Å²) in [4.78, 5) is 17.5. The van der Waals surface area contributed by atoms with E-state index in [2.05, 4.69) is 20.0 Å². The van der Waals surface area contributed by atoms with Gasteiger partial charge in [0.25, 0.3) is 5.91 Å². The molecule has 0 spiro atoms. The number of anilines is 1. The van der Waals surface area contributed by atoms with Gasteiger partial charge in [0.15, 0.2) is 11.6 Å². The average molecular weight is 377 g/mol. The van der Waals surface area contributed by atoms with Gasteiger partial charge in [0.1, 0.15) is 0 Å². The molecule has 2 aliphatic heterocycles. The third kappa shape index (κ3) is 2.95. The Hall–Kier alpha value is -2.10. The van der Waals surface area contributed by atoms with Crippen LogP contribution >= 0.6 is 11.5 Å². The van der Waals surface area contributed by atoms with Crippen LogP contribution in [-0.4, -0.2) is 40.6 Å². The zero-order chi connectivity index (χ0) is 18.3. The zero-order valence-electron chi connectivity index (χ0n) is 14.3. The lowest BCUT2D eigenvalue weighted by molar-refractivity contribution is 0.0751. The molecular formula is C17H20FN5O2S. The second kappa shape index (κ2) is 6.90. The van der Waals surface area contributed by atoms with Gasteiger partial charge >= 0.3 is 0 Å². The molecule has 2 atom stereocenters. The molecule has 0 aromatic carbocycles. The van der Waals surface area contributed by atoms with Crippen LogP contribution in [0.1, 0.15) is 35.0 Å². The van der Waals surface area contributed by atoms with Gasteiger partial charge in [0, 0.05) is 30.8 Å². The van der Waals surface area contributed by atoms with Crippen LogP contribution in [0.2, 0.25) is 0 Å². The van der Waals surface area contributed by atoms with Crippen molar-refractivity contribution >= 4 is 23.3 Å². The number of hydrogen-bond acceptors (Lipinski definition) is 7. The number of nitrogens with one attached hydrogen (secondary N) is 2. The van der Waals surface area contributed by atoms with Gasteiger partial charge in [-0.1, -0.05) is 6.92 Å². The lowest BCUT2D eigenvalue weighted by atomic mass is 10.0. The molecule has 4 N–H and O–H groups in total. The molecule has 9 heteroatoms. The van der Waals surface area contributed by atoms with Crippen LogP contribution in [0, 0.1) is 5.82 Å². The smallest absolute Gasteiger partial charge is 0.254 e. The minimum absolute atomic E-state index is 0.129. The summed E-state index contributed by atoms with van der Waals surface area (Å²) in [5.41, 5.74) is 8.10. The van der Waals surface area contributed by atoms with E-state index in [1.54, 1.807) is 0 Å². The molecule has 0 radical (unpaired) electrons. The molecule has 0 aliphatic carbocycles. The molecule has 138 valence electrons. The Bertz CT molecular complexity index is 856. The van der Waals surface area contributed by atoms with Gasteiger partial charge in [-0.2, -0.15) is 4.37 Å². The highest BCUT2D eigenvalue weighted by Gasteiger charge is 2.32. The number of hydrogen-bond donors (Lipinski definition) is 3. The number of carbonyl (C=O) groups excluding carboxylic acids is 1. The number of fused-ring (bicyclic) bond motifs is 1. The maximum absolute atomic E-state index is 15.0. The third-order valence-corrected chi connectivity index (χ3v) is 5.60. The number of nitrogens with zero attached hydrogens (tertiary/aromatic N) is 2. The topological polar surface area (TPSA) is 102 Å². The highest BCUT2D eigenvalue weighted by atomic mass is 32.1. The van der Waals surface area contributed by atoms with E-state index in [-0.39, 0.29) is 30.4 Å². The van der Waals surface area contributed by atoms with Crippen molar-refractivity contribution in [3.05, 3.63) is 28.7 Å². The van der Waals surface area contributed by atoms with E-state index in [9.17, 15) is 9.18 Å². The number of amides is 1. The van der Waals surface area contributed by atoms with Gasteiger partial charge in [-0.15, -0.1) is 0 Å². The summed E-state index contributed by atoms with van der Waals surface area (Å²) >= 11 is 1.27. The minimum Gasteiger partial charge on any atom is -0.380 e. The summed E-state index contributed by atoms with van der Waals surface area (Å²) in [7, 11) is 0. The summed E-state index contributed by atoms with van der Waals surface area (Å²) in [6.07, 6.45) is 1.46. The van der Waals surface area contributed by atoms with Crippen molar-refractivity contribution in [1.29, 1.82) is 0 Å². The first-order valence-electron chi connectivity index (χ1n) is 8.64. The molecule has 2 unspecified atom stereocenters. The maximum Gasteiger partial charge on any atom is 0.254 e.